The summed E-state index contributed by atoms with van der Waals surface area (Å²) in [5.74, 6) is 0.515. The number of hydrogen-bond donors (Lipinski definition) is 2. The highest BCUT2D eigenvalue weighted by atomic mass is 127. The molecular formula is C13H18ClIN2O. The van der Waals surface area contributed by atoms with Gasteiger partial charge < -0.3 is 11.1 Å². The Kier molecular flexibility index (Phi) is 5.43. The zero-order valence-electron chi connectivity index (χ0n) is 10.3. The number of halogens is 2. The number of nitrogens with one attached hydrogen (secondary N) is 1. The third-order valence-electron chi connectivity index (χ3n) is 3.41. The van der Waals surface area contributed by atoms with Gasteiger partial charge in [-0.15, -0.1) is 12.4 Å². The van der Waals surface area contributed by atoms with E-state index in [4.69, 9.17) is 5.73 Å². The molecular weight excluding hydrogens is 363 g/mol. The number of benzene rings is 1. The first kappa shape index (κ1) is 15.7. The van der Waals surface area contributed by atoms with Crippen LogP contribution >= 0.6 is 35.0 Å². The molecule has 0 saturated heterocycles. The Morgan fingerprint density at radius 2 is 2.00 bits per heavy atom. The largest absolute Gasteiger partial charge is 0.345 e. The minimum absolute atomic E-state index is 0. The third kappa shape index (κ3) is 3.59. The van der Waals surface area contributed by atoms with Gasteiger partial charge in [0.25, 0.3) is 5.91 Å². The highest BCUT2D eigenvalue weighted by molar-refractivity contribution is 14.1. The molecule has 1 fully saturated rings. The number of rotatable bonds is 4. The summed E-state index contributed by atoms with van der Waals surface area (Å²) in [4.78, 5) is 12.1. The van der Waals surface area contributed by atoms with Gasteiger partial charge in [0.1, 0.15) is 0 Å². The van der Waals surface area contributed by atoms with Gasteiger partial charge in [-0.25, -0.2) is 0 Å². The van der Waals surface area contributed by atoms with E-state index in [-0.39, 0.29) is 23.9 Å². The Labute approximate surface area is 127 Å². The Hall–Kier alpha value is -0.330. The Morgan fingerprint density at radius 1 is 1.44 bits per heavy atom. The molecule has 1 aromatic carbocycles. The number of carbonyl (C=O) groups excluding carboxylic acids is 1. The van der Waals surface area contributed by atoms with Crippen molar-refractivity contribution < 1.29 is 4.79 Å². The van der Waals surface area contributed by atoms with Gasteiger partial charge in [0.2, 0.25) is 0 Å². The lowest BCUT2D eigenvalue weighted by Gasteiger charge is -2.29. The van der Waals surface area contributed by atoms with E-state index >= 15 is 0 Å². The van der Waals surface area contributed by atoms with Crippen molar-refractivity contribution in [1.29, 1.82) is 0 Å². The molecule has 3 nitrogen and oxygen atoms in total. The second-order valence-electron chi connectivity index (χ2n) is 4.86. The van der Waals surface area contributed by atoms with Crippen LogP contribution in [-0.4, -0.2) is 18.0 Å². The lowest BCUT2D eigenvalue weighted by Crippen LogP contribution is -2.53. The summed E-state index contributed by atoms with van der Waals surface area (Å²) in [6.45, 7) is 2.53. The van der Waals surface area contributed by atoms with E-state index in [1.54, 1.807) is 0 Å². The fourth-order valence-corrected chi connectivity index (χ4v) is 2.33. The zero-order chi connectivity index (χ0) is 12.5. The van der Waals surface area contributed by atoms with E-state index in [1.807, 2.05) is 31.2 Å². The van der Waals surface area contributed by atoms with E-state index in [2.05, 4.69) is 27.9 Å². The fraction of sp³-hybridized carbons (Fsp3) is 0.462. The molecule has 18 heavy (non-hydrogen) atoms. The van der Waals surface area contributed by atoms with Crippen LogP contribution in [-0.2, 0) is 0 Å². The van der Waals surface area contributed by atoms with Crippen LogP contribution in [0.15, 0.2) is 24.3 Å². The molecule has 1 saturated carbocycles. The minimum atomic E-state index is -0.250. The number of hydrogen-bond acceptors (Lipinski definition) is 2. The van der Waals surface area contributed by atoms with Gasteiger partial charge in [0.05, 0.1) is 5.54 Å². The SMILES string of the molecule is CC(CN)(NC(=O)c1ccc(I)cc1)C1CC1.Cl. The summed E-state index contributed by atoms with van der Waals surface area (Å²) in [6.07, 6.45) is 2.33. The average Bonchev–Trinajstić information content (AvgIpc) is 3.13. The monoisotopic (exact) mass is 380 g/mol. The van der Waals surface area contributed by atoms with Crippen molar-refractivity contribution in [1.82, 2.24) is 5.32 Å². The lowest BCUT2D eigenvalue weighted by molar-refractivity contribution is 0.0898. The number of carbonyl (C=O) groups is 1. The van der Waals surface area contributed by atoms with Gasteiger partial charge in [-0.2, -0.15) is 0 Å². The molecule has 0 aliphatic heterocycles. The first-order chi connectivity index (χ1) is 8.05. The van der Waals surface area contributed by atoms with Gasteiger partial charge in [-0.3, -0.25) is 4.79 Å². The van der Waals surface area contributed by atoms with Crippen LogP contribution < -0.4 is 11.1 Å². The quantitative estimate of drug-likeness (QED) is 0.789. The Morgan fingerprint density at radius 3 is 2.44 bits per heavy atom. The maximum atomic E-state index is 12.1. The molecule has 100 valence electrons. The smallest absolute Gasteiger partial charge is 0.251 e. The summed E-state index contributed by atoms with van der Waals surface area (Å²) < 4.78 is 1.13. The molecule has 1 aliphatic carbocycles. The van der Waals surface area contributed by atoms with Crippen LogP contribution in [0.1, 0.15) is 30.1 Å². The first-order valence-electron chi connectivity index (χ1n) is 5.83. The van der Waals surface area contributed by atoms with Gasteiger partial charge in [0.15, 0.2) is 0 Å². The third-order valence-corrected chi connectivity index (χ3v) is 4.13. The Bertz CT molecular complexity index is 420. The van der Waals surface area contributed by atoms with Crippen molar-refractivity contribution in [2.75, 3.05) is 6.54 Å². The molecule has 0 spiro atoms. The summed E-state index contributed by atoms with van der Waals surface area (Å²) in [5.41, 5.74) is 6.23. The molecule has 1 aromatic rings. The average molecular weight is 381 g/mol. The van der Waals surface area contributed by atoms with Gasteiger partial charge in [-0.05, 0) is 72.5 Å². The number of amides is 1. The molecule has 1 amide bonds. The minimum Gasteiger partial charge on any atom is -0.345 e. The van der Waals surface area contributed by atoms with Crippen molar-refractivity contribution in [3.05, 3.63) is 33.4 Å². The molecule has 0 radical (unpaired) electrons. The highest BCUT2D eigenvalue weighted by Crippen LogP contribution is 2.39. The number of nitrogens with two attached hydrogens (primary N) is 1. The van der Waals surface area contributed by atoms with E-state index in [1.165, 1.54) is 12.8 Å². The van der Waals surface area contributed by atoms with Crippen LogP contribution in [0, 0.1) is 9.49 Å². The molecule has 5 heteroatoms. The molecule has 0 heterocycles. The summed E-state index contributed by atoms with van der Waals surface area (Å²) in [7, 11) is 0. The molecule has 0 bridgehead atoms. The standard InChI is InChI=1S/C13H17IN2O.ClH/c1-13(8-15,10-4-5-10)16-12(17)9-2-6-11(14)7-3-9;/h2-3,6-7,10H,4-5,8,15H2,1H3,(H,16,17);1H. The van der Waals surface area contributed by atoms with Gasteiger partial charge >= 0.3 is 0 Å². The van der Waals surface area contributed by atoms with Crippen LogP contribution in [0.3, 0.4) is 0 Å². The summed E-state index contributed by atoms with van der Waals surface area (Å²) in [6, 6.07) is 7.57. The second-order valence-corrected chi connectivity index (χ2v) is 6.10. The van der Waals surface area contributed by atoms with Gasteiger partial charge in [-0.1, -0.05) is 0 Å². The maximum absolute atomic E-state index is 12.1. The van der Waals surface area contributed by atoms with E-state index in [0.29, 0.717) is 18.0 Å². The van der Waals surface area contributed by atoms with Crippen LogP contribution in [0.2, 0.25) is 0 Å². The van der Waals surface area contributed by atoms with Gasteiger partial charge in [0, 0.05) is 15.7 Å². The van der Waals surface area contributed by atoms with Crippen molar-refractivity contribution >= 4 is 40.9 Å². The molecule has 1 atom stereocenters. The van der Waals surface area contributed by atoms with Crippen molar-refractivity contribution in [3.63, 3.8) is 0 Å². The lowest BCUT2D eigenvalue weighted by atomic mass is 9.95. The zero-order valence-corrected chi connectivity index (χ0v) is 13.3. The topological polar surface area (TPSA) is 55.1 Å². The highest BCUT2D eigenvalue weighted by Gasteiger charge is 2.41. The predicted molar refractivity (Wildman–Crippen MR) is 84.1 cm³/mol. The summed E-state index contributed by atoms with van der Waals surface area (Å²) in [5, 5.41) is 3.07. The van der Waals surface area contributed by atoms with E-state index < -0.39 is 0 Å². The molecule has 1 aliphatic rings. The van der Waals surface area contributed by atoms with Crippen molar-refractivity contribution in [2.45, 2.75) is 25.3 Å². The molecule has 3 N–H and O–H groups in total. The fourth-order valence-electron chi connectivity index (χ4n) is 1.97. The van der Waals surface area contributed by atoms with Crippen molar-refractivity contribution in [2.24, 2.45) is 11.7 Å². The molecule has 0 aromatic heterocycles. The van der Waals surface area contributed by atoms with Crippen molar-refractivity contribution in [3.8, 4) is 0 Å². The Balaban J connectivity index is 0.00000162. The van der Waals surface area contributed by atoms with Crippen LogP contribution in [0.4, 0.5) is 0 Å². The predicted octanol–water partition coefficient (Wildman–Crippen LogP) is 2.57. The summed E-state index contributed by atoms with van der Waals surface area (Å²) >= 11 is 2.22. The normalized spacial score (nSPS) is 17.5. The van der Waals surface area contributed by atoms with E-state index in [9.17, 15) is 4.79 Å². The van der Waals surface area contributed by atoms with Crippen LogP contribution in [0.25, 0.3) is 0 Å². The van der Waals surface area contributed by atoms with Crippen LogP contribution in [0.5, 0.6) is 0 Å². The second kappa shape index (κ2) is 6.21. The first-order valence-corrected chi connectivity index (χ1v) is 6.91. The molecule has 2 rings (SSSR count). The maximum Gasteiger partial charge on any atom is 0.251 e. The molecule has 1 unspecified atom stereocenters. The van der Waals surface area contributed by atoms with E-state index in [0.717, 1.165) is 3.57 Å².